The molecule has 22 heavy (non-hydrogen) atoms. The molecule has 0 aromatic carbocycles. The van der Waals surface area contributed by atoms with Crippen molar-refractivity contribution in [1.82, 2.24) is 0 Å². The largest absolute Gasteiger partial charge is 0.469 e. The molecule has 0 amide bonds. The summed E-state index contributed by atoms with van der Waals surface area (Å²) in [5.74, 6) is 1.77. The minimum absolute atomic E-state index is 0.0282. The van der Waals surface area contributed by atoms with Crippen molar-refractivity contribution >= 4 is 11.9 Å². The number of ether oxygens (including phenoxy) is 2. The van der Waals surface area contributed by atoms with Gasteiger partial charge in [0.25, 0.3) is 0 Å². The average Bonchev–Trinajstić information content (AvgIpc) is 2.59. The Kier molecular flexibility index (Phi) is 6.71. The van der Waals surface area contributed by atoms with Crippen LogP contribution >= 0.6 is 0 Å². The van der Waals surface area contributed by atoms with E-state index in [0.29, 0.717) is 0 Å². The summed E-state index contributed by atoms with van der Waals surface area (Å²) >= 11 is 0. The third-order valence-electron chi connectivity index (χ3n) is 5.75. The lowest BCUT2D eigenvalue weighted by molar-refractivity contribution is -0.147. The van der Waals surface area contributed by atoms with E-state index in [2.05, 4.69) is 0 Å². The second-order valence-corrected chi connectivity index (χ2v) is 7.06. The average molecular weight is 310 g/mol. The SMILES string of the molecule is COC(=O)C1CCC(CCC2CCC(C(=O)OC)CC2)CC1. The monoisotopic (exact) mass is 310 g/mol. The third-order valence-corrected chi connectivity index (χ3v) is 5.75. The van der Waals surface area contributed by atoms with Crippen LogP contribution in [0.5, 0.6) is 0 Å². The van der Waals surface area contributed by atoms with E-state index in [1.54, 1.807) is 0 Å². The van der Waals surface area contributed by atoms with Gasteiger partial charge in [-0.25, -0.2) is 0 Å². The molecule has 0 N–H and O–H groups in total. The molecule has 0 radical (unpaired) electrons. The van der Waals surface area contributed by atoms with Gasteiger partial charge >= 0.3 is 11.9 Å². The maximum Gasteiger partial charge on any atom is 0.308 e. The molecule has 0 unspecified atom stereocenters. The first-order valence-corrected chi connectivity index (χ1v) is 8.79. The van der Waals surface area contributed by atoms with Crippen LogP contribution in [0.2, 0.25) is 0 Å². The van der Waals surface area contributed by atoms with Crippen molar-refractivity contribution in [1.29, 1.82) is 0 Å². The van der Waals surface area contributed by atoms with Gasteiger partial charge in [0.15, 0.2) is 0 Å². The fraction of sp³-hybridized carbons (Fsp3) is 0.889. The van der Waals surface area contributed by atoms with Gasteiger partial charge in [0.1, 0.15) is 0 Å². The van der Waals surface area contributed by atoms with E-state index in [9.17, 15) is 9.59 Å². The lowest BCUT2D eigenvalue weighted by atomic mass is 9.75. The van der Waals surface area contributed by atoms with Crippen molar-refractivity contribution < 1.29 is 19.1 Å². The molecule has 4 nitrogen and oxygen atoms in total. The van der Waals surface area contributed by atoms with E-state index in [0.717, 1.165) is 63.2 Å². The van der Waals surface area contributed by atoms with Crippen molar-refractivity contribution in [2.24, 2.45) is 23.7 Å². The van der Waals surface area contributed by atoms with Gasteiger partial charge in [0.2, 0.25) is 0 Å². The summed E-state index contributed by atoms with van der Waals surface area (Å²) in [5, 5.41) is 0. The first-order valence-electron chi connectivity index (χ1n) is 8.79. The van der Waals surface area contributed by atoms with E-state index < -0.39 is 0 Å². The highest BCUT2D eigenvalue weighted by atomic mass is 16.5. The molecule has 126 valence electrons. The summed E-state index contributed by atoms with van der Waals surface area (Å²) in [6.45, 7) is 0. The first-order chi connectivity index (χ1) is 10.6. The van der Waals surface area contributed by atoms with E-state index in [1.807, 2.05) is 0 Å². The highest BCUT2D eigenvalue weighted by Crippen LogP contribution is 2.37. The summed E-state index contributed by atoms with van der Waals surface area (Å²) in [6.07, 6.45) is 11.2. The van der Waals surface area contributed by atoms with Crippen molar-refractivity contribution in [3.63, 3.8) is 0 Å². The second-order valence-electron chi connectivity index (χ2n) is 7.06. The Morgan fingerprint density at radius 3 is 1.27 bits per heavy atom. The summed E-state index contributed by atoms with van der Waals surface area (Å²) in [6, 6.07) is 0. The van der Waals surface area contributed by atoms with Crippen LogP contribution in [0.15, 0.2) is 0 Å². The number of esters is 2. The standard InChI is InChI=1S/C18H30O4/c1-21-17(19)15-9-5-13(6-10-15)3-4-14-7-11-16(12-8-14)18(20)22-2/h13-16H,3-12H2,1-2H3. The molecular weight excluding hydrogens is 280 g/mol. The highest BCUT2D eigenvalue weighted by molar-refractivity contribution is 5.72. The van der Waals surface area contributed by atoms with Crippen LogP contribution in [0.1, 0.15) is 64.2 Å². The van der Waals surface area contributed by atoms with Crippen LogP contribution < -0.4 is 0 Å². The third kappa shape index (κ3) is 4.72. The molecule has 2 aliphatic carbocycles. The quantitative estimate of drug-likeness (QED) is 0.726. The number of carbonyl (C=O) groups excluding carboxylic acids is 2. The predicted molar refractivity (Wildman–Crippen MR) is 84.2 cm³/mol. The fourth-order valence-corrected chi connectivity index (χ4v) is 4.18. The maximum absolute atomic E-state index is 11.5. The molecule has 0 aromatic heterocycles. The Morgan fingerprint density at radius 1 is 0.682 bits per heavy atom. The molecule has 0 bridgehead atoms. The molecule has 2 fully saturated rings. The van der Waals surface area contributed by atoms with Crippen LogP contribution in [0.25, 0.3) is 0 Å². The summed E-state index contributed by atoms with van der Waals surface area (Å²) in [4.78, 5) is 23.1. The van der Waals surface area contributed by atoms with E-state index in [-0.39, 0.29) is 23.8 Å². The Balaban J connectivity index is 1.62. The Bertz CT molecular complexity index is 327. The van der Waals surface area contributed by atoms with Gasteiger partial charge in [0.05, 0.1) is 26.1 Å². The van der Waals surface area contributed by atoms with Crippen LogP contribution in [0.3, 0.4) is 0 Å². The molecule has 0 spiro atoms. The van der Waals surface area contributed by atoms with Gasteiger partial charge in [0, 0.05) is 0 Å². The Morgan fingerprint density at radius 2 is 1.00 bits per heavy atom. The summed E-state index contributed by atoms with van der Waals surface area (Å²) in [7, 11) is 2.97. The summed E-state index contributed by atoms with van der Waals surface area (Å²) < 4.78 is 9.68. The number of hydrogen-bond donors (Lipinski definition) is 0. The van der Waals surface area contributed by atoms with Crippen molar-refractivity contribution in [3.05, 3.63) is 0 Å². The van der Waals surface area contributed by atoms with Gasteiger partial charge in [-0.1, -0.05) is 12.8 Å². The van der Waals surface area contributed by atoms with Crippen LogP contribution in [0.4, 0.5) is 0 Å². The van der Waals surface area contributed by atoms with Gasteiger partial charge in [-0.2, -0.15) is 0 Å². The Labute approximate surface area is 133 Å². The van der Waals surface area contributed by atoms with Crippen molar-refractivity contribution in [2.75, 3.05) is 14.2 Å². The zero-order chi connectivity index (χ0) is 15.9. The zero-order valence-electron chi connectivity index (χ0n) is 14.0. The van der Waals surface area contributed by atoms with E-state index in [4.69, 9.17) is 9.47 Å². The topological polar surface area (TPSA) is 52.6 Å². The molecular formula is C18H30O4. The molecule has 4 heteroatoms. The minimum atomic E-state index is -0.0282. The molecule has 0 atom stereocenters. The number of rotatable bonds is 5. The molecule has 2 rings (SSSR count). The van der Waals surface area contributed by atoms with Crippen LogP contribution in [-0.2, 0) is 19.1 Å². The van der Waals surface area contributed by atoms with E-state index in [1.165, 1.54) is 27.1 Å². The molecule has 2 saturated carbocycles. The first kappa shape index (κ1) is 17.3. The highest BCUT2D eigenvalue weighted by Gasteiger charge is 2.29. The minimum Gasteiger partial charge on any atom is -0.469 e. The lowest BCUT2D eigenvalue weighted by Gasteiger charge is -2.30. The van der Waals surface area contributed by atoms with E-state index >= 15 is 0 Å². The van der Waals surface area contributed by atoms with Crippen LogP contribution in [-0.4, -0.2) is 26.2 Å². The fourth-order valence-electron chi connectivity index (χ4n) is 4.18. The van der Waals surface area contributed by atoms with Crippen molar-refractivity contribution in [3.8, 4) is 0 Å². The molecule has 2 aliphatic rings. The normalized spacial score (nSPS) is 32.3. The molecule has 0 aliphatic heterocycles. The molecule has 0 aromatic rings. The number of hydrogen-bond acceptors (Lipinski definition) is 4. The summed E-state index contributed by atoms with van der Waals surface area (Å²) in [5.41, 5.74) is 0. The van der Waals surface area contributed by atoms with Gasteiger partial charge < -0.3 is 9.47 Å². The maximum atomic E-state index is 11.5. The smallest absolute Gasteiger partial charge is 0.308 e. The molecule has 0 saturated heterocycles. The zero-order valence-corrected chi connectivity index (χ0v) is 14.0. The number of methoxy groups -OCH3 is 2. The lowest BCUT2D eigenvalue weighted by Crippen LogP contribution is -2.24. The van der Waals surface area contributed by atoms with Crippen LogP contribution in [0, 0.1) is 23.7 Å². The second kappa shape index (κ2) is 8.54. The number of carbonyl (C=O) groups is 2. The van der Waals surface area contributed by atoms with Gasteiger partial charge in [-0.15, -0.1) is 0 Å². The Hall–Kier alpha value is -1.06. The molecule has 0 heterocycles. The predicted octanol–water partition coefficient (Wildman–Crippen LogP) is 3.73. The van der Waals surface area contributed by atoms with Crippen molar-refractivity contribution in [2.45, 2.75) is 64.2 Å². The van der Waals surface area contributed by atoms with Gasteiger partial charge in [-0.3, -0.25) is 9.59 Å². The van der Waals surface area contributed by atoms with Gasteiger partial charge in [-0.05, 0) is 63.2 Å².